The van der Waals surface area contributed by atoms with Gasteiger partial charge in [0.2, 0.25) is 5.91 Å². The molecular formula is C24H35ClN2O3S. The molecule has 1 saturated heterocycles. The number of likely N-dealkylation sites (tertiary alicyclic amines) is 1. The van der Waals surface area contributed by atoms with Crippen LogP contribution in [0.15, 0.2) is 41.8 Å². The van der Waals surface area contributed by atoms with Crippen LogP contribution in [0.2, 0.25) is 5.02 Å². The monoisotopic (exact) mass is 466 g/mol. The van der Waals surface area contributed by atoms with Crippen molar-refractivity contribution in [2.45, 2.75) is 53.5 Å². The van der Waals surface area contributed by atoms with Crippen LogP contribution < -0.4 is 5.32 Å². The molecule has 1 aromatic carbocycles. The molecule has 3 rings (SSSR count). The van der Waals surface area contributed by atoms with Gasteiger partial charge in [0.25, 0.3) is 5.91 Å². The summed E-state index contributed by atoms with van der Waals surface area (Å²) in [6.45, 7) is 9.72. The van der Waals surface area contributed by atoms with E-state index < -0.39 is 6.04 Å². The largest absolute Gasteiger partial charge is 0.412 e. The molecule has 2 aromatic rings. The molecule has 0 saturated carbocycles. The first-order valence-electron chi connectivity index (χ1n) is 10.1. The Hall–Kier alpha value is -1.89. The zero-order valence-electron chi connectivity index (χ0n) is 17.9. The molecule has 5 nitrogen and oxygen atoms in total. The van der Waals surface area contributed by atoms with Crippen molar-refractivity contribution >= 4 is 34.8 Å². The van der Waals surface area contributed by atoms with Gasteiger partial charge in [-0.3, -0.25) is 9.59 Å². The standard InChI is InChI=1S/C23H29ClN2O2S.CH4.H2O/c1-15(2)20(25-21(27)19-6-5-13-29-19)22(28)26-12-11-18(23(3,4)14-26)16-7-9-17(24)10-8-16;;/h5-10,13,15,18,20H,11-12,14H2,1-4H3,(H,25,27);1H4;1H2/t18-,20-;;/m1../s1. The summed E-state index contributed by atoms with van der Waals surface area (Å²) in [5, 5.41) is 5.56. The topological polar surface area (TPSA) is 80.9 Å². The van der Waals surface area contributed by atoms with Crippen LogP contribution >= 0.6 is 22.9 Å². The minimum absolute atomic E-state index is 0. The number of piperidine rings is 1. The summed E-state index contributed by atoms with van der Waals surface area (Å²) in [5.74, 6) is 0.209. The van der Waals surface area contributed by atoms with Crippen molar-refractivity contribution in [3.63, 3.8) is 0 Å². The van der Waals surface area contributed by atoms with Crippen molar-refractivity contribution in [3.05, 3.63) is 57.2 Å². The Labute approximate surface area is 195 Å². The number of carbonyl (C=O) groups is 2. The van der Waals surface area contributed by atoms with E-state index in [-0.39, 0.29) is 36.1 Å². The highest BCUT2D eigenvalue weighted by atomic mass is 35.5. The van der Waals surface area contributed by atoms with Crippen LogP contribution in [-0.2, 0) is 4.79 Å². The van der Waals surface area contributed by atoms with Crippen molar-refractivity contribution in [1.29, 1.82) is 0 Å². The number of amides is 2. The zero-order chi connectivity index (χ0) is 21.2. The van der Waals surface area contributed by atoms with Crippen molar-refractivity contribution in [3.8, 4) is 0 Å². The third-order valence-electron chi connectivity index (χ3n) is 5.78. The van der Waals surface area contributed by atoms with E-state index in [2.05, 4.69) is 31.3 Å². The molecule has 2 heterocycles. The first kappa shape index (κ1) is 27.1. The van der Waals surface area contributed by atoms with E-state index in [1.54, 1.807) is 6.07 Å². The fourth-order valence-electron chi connectivity index (χ4n) is 4.19. The average molecular weight is 467 g/mol. The maximum atomic E-state index is 13.3. The molecule has 0 unspecified atom stereocenters. The van der Waals surface area contributed by atoms with E-state index in [1.165, 1.54) is 16.9 Å². The lowest BCUT2D eigenvalue weighted by Crippen LogP contribution is -2.55. The van der Waals surface area contributed by atoms with Crippen LogP contribution in [0.3, 0.4) is 0 Å². The highest BCUT2D eigenvalue weighted by Crippen LogP contribution is 2.42. The molecule has 0 bridgehead atoms. The minimum Gasteiger partial charge on any atom is -0.412 e. The number of halogens is 1. The third kappa shape index (κ3) is 6.31. The molecular weight excluding hydrogens is 432 g/mol. The summed E-state index contributed by atoms with van der Waals surface area (Å²) >= 11 is 7.43. The fourth-order valence-corrected chi connectivity index (χ4v) is 4.94. The average Bonchev–Trinajstić information content (AvgIpc) is 3.20. The lowest BCUT2D eigenvalue weighted by atomic mass is 9.70. The molecule has 1 aliphatic heterocycles. The quantitative estimate of drug-likeness (QED) is 0.671. The van der Waals surface area contributed by atoms with Gasteiger partial charge in [-0.2, -0.15) is 0 Å². The Morgan fingerprint density at radius 3 is 2.35 bits per heavy atom. The van der Waals surface area contributed by atoms with E-state index in [0.29, 0.717) is 23.9 Å². The van der Waals surface area contributed by atoms with Gasteiger partial charge >= 0.3 is 0 Å². The Bertz CT molecular complexity index is 850. The van der Waals surface area contributed by atoms with E-state index in [1.807, 2.05) is 42.3 Å². The SMILES string of the molecule is C.CC(C)[C@@H](NC(=O)c1cccs1)C(=O)N1CC[C@H](c2ccc(Cl)cc2)C(C)(C)C1.O. The molecule has 172 valence electrons. The molecule has 2 amide bonds. The van der Waals surface area contributed by atoms with Crippen LogP contribution in [0.1, 0.15) is 62.7 Å². The Balaban J connectivity index is 0.00000240. The van der Waals surface area contributed by atoms with Crippen molar-refractivity contribution < 1.29 is 15.1 Å². The number of carbonyl (C=O) groups excluding carboxylic acids is 2. The summed E-state index contributed by atoms with van der Waals surface area (Å²) in [7, 11) is 0. The van der Waals surface area contributed by atoms with Gasteiger partial charge in [0.05, 0.1) is 4.88 Å². The van der Waals surface area contributed by atoms with Crippen LogP contribution in [0.4, 0.5) is 0 Å². The summed E-state index contributed by atoms with van der Waals surface area (Å²) in [6, 6.07) is 11.1. The second-order valence-corrected chi connectivity index (χ2v) is 10.2. The molecule has 0 radical (unpaired) electrons. The van der Waals surface area contributed by atoms with Crippen LogP contribution in [-0.4, -0.2) is 41.3 Å². The molecule has 31 heavy (non-hydrogen) atoms. The van der Waals surface area contributed by atoms with Gasteiger partial charge in [-0.05, 0) is 52.8 Å². The predicted molar refractivity (Wildman–Crippen MR) is 130 cm³/mol. The van der Waals surface area contributed by atoms with Crippen molar-refractivity contribution in [2.24, 2.45) is 11.3 Å². The Kier molecular flexibility index (Phi) is 9.73. The van der Waals surface area contributed by atoms with Gasteiger partial charge in [-0.1, -0.05) is 64.9 Å². The number of benzene rings is 1. The number of thiophene rings is 1. The molecule has 2 atom stereocenters. The maximum absolute atomic E-state index is 13.3. The summed E-state index contributed by atoms with van der Waals surface area (Å²) in [6.07, 6.45) is 0.893. The summed E-state index contributed by atoms with van der Waals surface area (Å²) in [5.41, 5.74) is 1.19. The molecule has 3 N–H and O–H groups in total. The number of hydrogen-bond donors (Lipinski definition) is 1. The third-order valence-corrected chi connectivity index (χ3v) is 6.90. The normalized spacial score (nSPS) is 18.5. The molecule has 1 aliphatic rings. The lowest BCUT2D eigenvalue weighted by molar-refractivity contribution is -0.137. The van der Waals surface area contributed by atoms with Gasteiger partial charge in [-0.15, -0.1) is 11.3 Å². The Morgan fingerprint density at radius 1 is 1.19 bits per heavy atom. The van der Waals surface area contributed by atoms with Crippen molar-refractivity contribution in [2.75, 3.05) is 13.1 Å². The molecule has 0 spiro atoms. The molecule has 1 aromatic heterocycles. The fraction of sp³-hybridized carbons (Fsp3) is 0.500. The first-order valence-corrected chi connectivity index (χ1v) is 11.3. The first-order chi connectivity index (χ1) is 13.7. The summed E-state index contributed by atoms with van der Waals surface area (Å²) in [4.78, 5) is 28.4. The van der Waals surface area contributed by atoms with E-state index in [0.717, 1.165) is 11.4 Å². The van der Waals surface area contributed by atoms with E-state index in [4.69, 9.17) is 11.6 Å². The highest BCUT2D eigenvalue weighted by molar-refractivity contribution is 7.12. The van der Waals surface area contributed by atoms with Gasteiger partial charge < -0.3 is 15.7 Å². The minimum atomic E-state index is -0.521. The van der Waals surface area contributed by atoms with Crippen molar-refractivity contribution in [1.82, 2.24) is 10.2 Å². The Morgan fingerprint density at radius 2 is 1.84 bits per heavy atom. The summed E-state index contributed by atoms with van der Waals surface area (Å²) < 4.78 is 0. The van der Waals surface area contributed by atoms with Crippen LogP contribution in [0, 0.1) is 11.3 Å². The lowest BCUT2D eigenvalue weighted by Gasteiger charge is -2.45. The van der Waals surface area contributed by atoms with Crippen LogP contribution in [0.25, 0.3) is 0 Å². The molecule has 1 fully saturated rings. The number of hydrogen-bond acceptors (Lipinski definition) is 3. The maximum Gasteiger partial charge on any atom is 0.262 e. The number of nitrogens with one attached hydrogen (secondary N) is 1. The van der Waals surface area contributed by atoms with Gasteiger partial charge in [-0.25, -0.2) is 0 Å². The van der Waals surface area contributed by atoms with Gasteiger partial charge in [0.15, 0.2) is 0 Å². The van der Waals surface area contributed by atoms with E-state index >= 15 is 0 Å². The second-order valence-electron chi connectivity index (χ2n) is 8.81. The molecule has 0 aliphatic carbocycles. The zero-order valence-corrected chi connectivity index (χ0v) is 19.5. The second kappa shape index (κ2) is 11.1. The number of nitrogens with zero attached hydrogens (tertiary/aromatic N) is 1. The highest BCUT2D eigenvalue weighted by Gasteiger charge is 2.40. The van der Waals surface area contributed by atoms with Gasteiger partial charge in [0, 0.05) is 18.1 Å². The predicted octanol–water partition coefficient (Wildman–Crippen LogP) is 5.01. The molecule has 7 heteroatoms. The van der Waals surface area contributed by atoms with E-state index in [9.17, 15) is 9.59 Å². The number of rotatable bonds is 5. The van der Waals surface area contributed by atoms with Gasteiger partial charge in [0.1, 0.15) is 6.04 Å². The smallest absolute Gasteiger partial charge is 0.262 e. The van der Waals surface area contributed by atoms with Crippen LogP contribution in [0.5, 0.6) is 0 Å².